The Bertz CT molecular complexity index is 1160. The van der Waals surface area contributed by atoms with Gasteiger partial charge < -0.3 is 22.0 Å². The molecule has 0 aliphatic heterocycles. The normalized spacial score (nSPS) is 15.9. The van der Waals surface area contributed by atoms with Gasteiger partial charge in [0, 0.05) is 13.1 Å². The molecule has 0 fully saturated rings. The summed E-state index contributed by atoms with van der Waals surface area (Å²) in [5.41, 5.74) is 0. The SMILES string of the molecule is CCN(C=CC=C(C(=O)OCCC(C)C[Si](C)(O[Si](C)(C)C)O[Si](C)(C)O[Si](C)(C)C)S(=O)(=O)c1ccccc1)CC. The molecule has 0 spiro atoms. The van der Waals surface area contributed by atoms with Crippen LogP contribution in [0.25, 0.3) is 0 Å². The molecule has 0 amide bonds. The summed E-state index contributed by atoms with van der Waals surface area (Å²) >= 11 is 0. The largest absolute Gasteiger partial charge is 0.462 e. The fourth-order valence-corrected chi connectivity index (χ4v) is 24.6. The number of nitrogens with zero attached hydrogens (tertiary/aromatic N) is 1. The molecule has 240 valence electrons. The molecule has 0 aromatic heterocycles. The predicted octanol–water partition coefficient (Wildman–Crippen LogP) is 7.26. The number of carbonyl (C=O) groups excluding carboxylic acids is 1. The fraction of sp³-hybridized carbons (Fsp3) is 0.621. The minimum Gasteiger partial charge on any atom is -0.462 e. The highest BCUT2D eigenvalue weighted by Gasteiger charge is 2.45. The Balaban J connectivity index is 3.08. The number of rotatable bonds is 18. The quantitative estimate of drug-likeness (QED) is 0.0696. The number of ether oxygens (including phenoxy) is 1. The van der Waals surface area contributed by atoms with Crippen LogP contribution in [0.5, 0.6) is 0 Å². The number of sulfone groups is 1. The maximum Gasteiger partial charge on any atom is 0.350 e. The Morgan fingerprint density at radius 3 is 1.93 bits per heavy atom. The zero-order valence-electron chi connectivity index (χ0n) is 27.9. The van der Waals surface area contributed by atoms with E-state index in [9.17, 15) is 13.2 Å². The first-order valence-corrected chi connectivity index (χ1v) is 28.5. The van der Waals surface area contributed by atoms with Crippen LogP contribution in [-0.2, 0) is 31.7 Å². The van der Waals surface area contributed by atoms with E-state index < -0.39 is 49.6 Å². The molecule has 2 unspecified atom stereocenters. The number of hydrogen-bond acceptors (Lipinski definition) is 8. The summed E-state index contributed by atoms with van der Waals surface area (Å²) in [6, 6.07) is 8.68. The first-order valence-electron chi connectivity index (χ1n) is 14.8. The van der Waals surface area contributed by atoms with Crippen molar-refractivity contribution in [2.24, 2.45) is 5.92 Å². The van der Waals surface area contributed by atoms with Crippen molar-refractivity contribution in [3.8, 4) is 0 Å². The van der Waals surface area contributed by atoms with Gasteiger partial charge in [0.25, 0.3) is 0 Å². The first-order chi connectivity index (χ1) is 19.1. The Labute approximate surface area is 260 Å². The lowest BCUT2D eigenvalue weighted by Gasteiger charge is -2.42. The fourth-order valence-electron chi connectivity index (χ4n) is 4.87. The average Bonchev–Trinajstić information content (AvgIpc) is 2.80. The zero-order valence-corrected chi connectivity index (χ0v) is 32.8. The Hall–Kier alpha value is -1.33. The van der Waals surface area contributed by atoms with E-state index in [1.54, 1.807) is 30.5 Å². The van der Waals surface area contributed by atoms with E-state index >= 15 is 0 Å². The molecule has 0 bridgehead atoms. The first kappa shape index (κ1) is 38.7. The number of benzene rings is 1. The number of hydrogen-bond donors (Lipinski definition) is 0. The molecule has 0 radical (unpaired) electrons. The van der Waals surface area contributed by atoms with Crippen LogP contribution >= 0.6 is 0 Å². The lowest BCUT2D eigenvalue weighted by molar-refractivity contribution is -0.138. The van der Waals surface area contributed by atoms with E-state index in [4.69, 9.17) is 17.1 Å². The summed E-state index contributed by atoms with van der Waals surface area (Å²) in [7, 11) is -12.8. The lowest BCUT2D eigenvalue weighted by atomic mass is 10.1. The molecule has 0 saturated heterocycles. The summed E-state index contributed by atoms with van der Waals surface area (Å²) < 4.78 is 52.3. The van der Waals surface area contributed by atoms with Crippen LogP contribution in [0.15, 0.2) is 58.5 Å². The molecule has 0 N–H and O–H groups in total. The van der Waals surface area contributed by atoms with Crippen molar-refractivity contribution in [2.75, 3.05) is 19.7 Å². The number of carbonyl (C=O) groups is 1. The molecule has 42 heavy (non-hydrogen) atoms. The molecule has 13 heteroatoms. The Morgan fingerprint density at radius 2 is 1.43 bits per heavy atom. The summed E-state index contributed by atoms with van der Waals surface area (Å²) in [6.07, 6.45) is 5.24. The van der Waals surface area contributed by atoms with Gasteiger partial charge in [-0.3, -0.25) is 0 Å². The number of allylic oxidation sites excluding steroid dienone is 2. The van der Waals surface area contributed by atoms with Crippen molar-refractivity contribution >= 4 is 49.6 Å². The van der Waals surface area contributed by atoms with Gasteiger partial charge in [-0.2, -0.15) is 0 Å². The van der Waals surface area contributed by atoms with Crippen molar-refractivity contribution in [3.63, 3.8) is 0 Å². The van der Waals surface area contributed by atoms with E-state index in [0.717, 1.165) is 19.1 Å². The monoisotopic (exact) mass is 673 g/mol. The van der Waals surface area contributed by atoms with Crippen LogP contribution in [0, 0.1) is 5.92 Å². The third kappa shape index (κ3) is 14.4. The summed E-state index contributed by atoms with van der Waals surface area (Å²) in [5, 5.41) is 0. The Morgan fingerprint density at radius 1 is 0.881 bits per heavy atom. The van der Waals surface area contributed by atoms with Gasteiger partial charge in [-0.15, -0.1) is 0 Å². The minimum absolute atomic E-state index is 0.0486. The molecule has 0 saturated carbocycles. The minimum atomic E-state index is -4.06. The summed E-state index contributed by atoms with van der Waals surface area (Å²) in [5.74, 6) is -0.731. The van der Waals surface area contributed by atoms with Crippen LogP contribution in [-0.4, -0.2) is 72.7 Å². The van der Waals surface area contributed by atoms with Crippen LogP contribution < -0.4 is 0 Å². The highest BCUT2D eigenvalue weighted by Crippen LogP contribution is 2.30. The Kier molecular flexibility index (Phi) is 14.8. The van der Waals surface area contributed by atoms with Gasteiger partial charge in [0.05, 0.1) is 11.5 Å². The van der Waals surface area contributed by atoms with Crippen molar-refractivity contribution < 1.29 is 30.3 Å². The highest BCUT2D eigenvalue weighted by atomic mass is 32.2. The van der Waals surface area contributed by atoms with Gasteiger partial charge in [-0.25, -0.2) is 13.2 Å². The molecule has 0 aliphatic carbocycles. The van der Waals surface area contributed by atoms with Crippen molar-refractivity contribution in [3.05, 3.63) is 53.6 Å². The van der Waals surface area contributed by atoms with Gasteiger partial charge in [0.15, 0.2) is 21.5 Å². The highest BCUT2D eigenvalue weighted by molar-refractivity contribution is 7.96. The summed E-state index contributed by atoms with van der Waals surface area (Å²) in [4.78, 5) is 14.9. The average molecular weight is 674 g/mol. The smallest absolute Gasteiger partial charge is 0.350 e. The van der Waals surface area contributed by atoms with Gasteiger partial charge in [-0.05, 0) is 122 Å². The topological polar surface area (TPSA) is 91.4 Å². The van der Waals surface area contributed by atoms with Crippen LogP contribution in [0.2, 0.25) is 65.0 Å². The second kappa shape index (κ2) is 16.1. The second-order valence-corrected chi connectivity index (χ2v) is 31.5. The van der Waals surface area contributed by atoms with Crippen molar-refractivity contribution in [1.29, 1.82) is 0 Å². The van der Waals surface area contributed by atoms with E-state index in [1.165, 1.54) is 18.2 Å². The van der Waals surface area contributed by atoms with Gasteiger partial charge in [-0.1, -0.05) is 25.1 Å². The van der Waals surface area contributed by atoms with Gasteiger partial charge >= 0.3 is 23.1 Å². The molecule has 2 atom stereocenters. The molecule has 1 rings (SSSR count). The van der Waals surface area contributed by atoms with Gasteiger partial charge in [0.2, 0.25) is 9.84 Å². The molecule has 1 aromatic rings. The lowest BCUT2D eigenvalue weighted by Crippen LogP contribution is -2.57. The van der Waals surface area contributed by atoms with E-state index in [1.807, 2.05) is 18.7 Å². The third-order valence-electron chi connectivity index (χ3n) is 6.00. The van der Waals surface area contributed by atoms with E-state index in [2.05, 4.69) is 65.8 Å². The van der Waals surface area contributed by atoms with E-state index in [0.29, 0.717) is 6.42 Å². The molecule has 1 aromatic carbocycles. The molecular weight excluding hydrogens is 619 g/mol. The predicted molar refractivity (Wildman–Crippen MR) is 182 cm³/mol. The van der Waals surface area contributed by atoms with Crippen LogP contribution in [0.4, 0.5) is 0 Å². The third-order valence-corrected chi connectivity index (χ3v) is 21.5. The van der Waals surface area contributed by atoms with Crippen LogP contribution in [0.1, 0.15) is 27.2 Å². The molecule has 0 aliphatic rings. The molecule has 0 heterocycles. The maximum atomic E-state index is 13.4. The second-order valence-electron chi connectivity index (χ2n) is 13.2. The van der Waals surface area contributed by atoms with E-state index in [-0.39, 0.29) is 22.3 Å². The maximum absolute atomic E-state index is 13.4. The number of esters is 1. The molecular formula is C29H55NO7SSi4. The zero-order chi connectivity index (χ0) is 32.4. The van der Waals surface area contributed by atoms with Crippen LogP contribution in [0.3, 0.4) is 0 Å². The van der Waals surface area contributed by atoms with Gasteiger partial charge in [0.1, 0.15) is 0 Å². The standard InChI is InChI=1S/C29H55NO7SSi4/c1-13-30(14-2)23-18-21-28(38(32,33)27-19-16-15-17-20-27)29(31)34-24-22-26(3)25-42(12,36-40(7,8)9)37-41(10,11)35-39(4,5)6/h15-21,23,26H,13-14,22,24-25H2,1-12H3. The van der Waals surface area contributed by atoms with Crippen molar-refractivity contribution in [1.82, 2.24) is 4.90 Å². The summed E-state index contributed by atoms with van der Waals surface area (Å²) in [6.45, 7) is 27.0. The molecule has 8 nitrogen and oxygen atoms in total. The van der Waals surface area contributed by atoms with Crippen molar-refractivity contribution in [2.45, 2.75) is 97.1 Å².